The molecule has 2 rings (SSSR count). The molecule has 1 N–H and O–H groups in total. The molecule has 1 amide bonds. The second-order valence-electron chi connectivity index (χ2n) is 5.18. The molecule has 1 aromatic carbocycles. The molecule has 0 atom stereocenters. The standard InChI is InChI=1S/C17H24N2O3.ClH/c1-3-5-14-6-7-15(16(12-14)21-2)22-13-17(20)19-10-4-8-18-9-11-19;/h3,5-7,12,18H,4,8-11,13H2,1-2H3;1H/b5-3+;. The van der Waals surface area contributed by atoms with Crippen LogP contribution >= 0.6 is 12.4 Å². The van der Waals surface area contributed by atoms with Crippen molar-refractivity contribution < 1.29 is 14.3 Å². The summed E-state index contributed by atoms with van der Waals surface area (Å²) in [5.41, 5.74) is 1.04. The SMILES string of the molecule is C/C=C/c1ccc(OCC(=O)N2CCCNCC2)c(OC)c1.Cl. The summed E-state index contributed by atoms with van der Waals surface area (Å²) in [5, 5.41) is 3.28. The number of methoxy groups -OCH3 is 1. The van der Waals surface area contributed by atoms with Crippen LogP contribution in [-0.4, -0.2) is 50.7 Å². The molecule has 1 saturated heterocycles. The minimum Gasteiger partial charge on any atom is -0.493 e. The van der Waals surface area contributed by atoms with E-state index in [0.29, 0.717) is 11.5 Å². The van der Waals surface area contributed by atoms with E-state index in [1.54, 1.807) is 7.11 Å². The van der Waals surface area contributed by atoms with E-state index in [1.807, 2.05) is 42.2 Å². The number of amides is 1. The number of hydrogen-bond acceptors (Lipinski definition) is 4. The Morgan fingerprint density at radius 2 is 2.13 bits per heavy atom. The molecule has 1 fully saturated rings. The van der Waals surface area contributed by atoms with Gasteiger partial charge in [-0.05, 0) is 37.6 Å². The second kappa shape index (κ2) is 10.1. The zero-order chi connectivity index (χ0) is 15.8. The fourth-order valence-electron chi connectivity index (χ4n) is 2.43. The Kier molecular flexibility index (Phi) is 8.51. The first-order chi connectivity index (χ1) is 10.7. The number of rotatable bonds is 5. The Morgan fingerprint density at radius 3 is 2.87 bits per heavy atom. The molecule has 1 aliphatic rings. The minimum atomic E-state index is 0. The van der Waals surface area contributed by atoms with Gasteiger partial charge in [-0.1, -0.05) is 18.2 Å². The average molecular weight is 341 g/mol. The van der Waals surface area contributed by atoms with Crippen LogP contribution in [0.5, 0.6) is 11.5 Å². The third-order valence-corrected chi connectivity index (χ3v) is 3.59. The van der Waals surface area contributed by atoms with Gasteiger partial charge in [0, 0.05) is 19.6 Å². The van der Waals surface area contributed by atoms with Gasteiger partial charge < -0.3 is 19.7 Å². The lowest BCUT2D eigenvalue weighted by Crippen LogP contribution is -2.37. The first kappa shape index (κ1) is 19.3. The van der Waals surface area contributed by atoms with Crippen LogP contribution in [0.15, 0.2) is 24.3 Å². The molecule has 0 radical (unpaired) electrons. The van der Waals surface area contributed by atoms with Crippen molar-refractivity contribution in [3.63, 3.8) is 0 Å². The Labute approximate surface area is 144 Å². The van der Waals surface area contributed by atoms with Crippen molar-refractivity contribution in [3.05, 3.63) is 29.8 Å². The highest BCUT2D eigenvalue weighted by Crippen LogP contribution is 2.28. The van der Waals surface area contributed by atoms with Crippen molar-refractivity contribution in [3.8, 4) is 11.5 Å². The smallest absolute Gasteiger partial charge is 0.260 e. The topological polar surface area (TPSA) is 50.8 Å². The molecule has 1 aromatic rings. The molecular weight excluding hydrogens is 316 g/mol. The zero-order valence-electron chi connectivity index (χ0n) is 13.7. The maximum atomic E-state index is 12.2. The van der Waals surface area contributed by atoms with Gasteiger partial charge in [0.2, 0.25) is 0 Å². The molecule has 128 valence electrons. The van der Waals surface area contributed by atoms with Gasteiger partial charge in [0.05, 0.1) is 7.11 Å². The van der Waals surface area contributed by atoms with Crippen LogP contribution < -0.4 is 14.8 Å². The molecule has 0 saturated carbocycles. The third-order valence-electron chi connectivity index (χ3n) is 3.59. The van der Waals surface area contributed by atoms with E-state index in [1.165, 1.54) is 0 Å². The highest BCUT2D eigenvalue weighted by molar-refractivity contribution is 5.85. The summed E-state index contributed by atoms with van der Waals surface area (Å²) in [6.07, 6.45) is 4.93. The van der Waals surface area contributed by atoms with Gasteiger partial charge in [0.15, 0.2) is 18.1 Å². The lowest BCUT2D eigenvalue weighted by atomic mass is 10.2. The van der Waals surface area contributed by atoms with Crippen LogP contribution in [0.25, 0.3) is 6.08 Å². The summed E-state index contributed by atoms with van der Waals surface area (Å²) in [7, 11) is 1.60. The molecule has 0 unspecified atom stereocenters. The molecule has 0 aliphatic carbocycles. The summed E-state index contributed by atoms with van der Waals surface area (Å²) in [4.78, 5) is 14.1. The Morgan fingerprint density at radius 1 is 1.30 bits per heavy atom. The van der Waals surface area contributed by atoms with Crippen molar-refractivity contribution in [1.82, 2.24) is 10.2 Å². The molecule has 1 aliphatic heterocycles. The first-order valence-electron chi connectivity index (χ1n) is 7.66. The van der Waals surface area contributed by atoms with E-state index < -0.39 is 0 Å². The van der Waals surface area contributed by atoms with Gasteiger partial charge in [0.1, 0.15) is 0 Å². The Balaban J connectivity index is 0.00000264. The molecule has 23 heavy (non-hydrogen) atoms. The third kappa shape index (κ3) is 5.77. The highest BCUT2D eigenvalue weighted by atomic mass is 35.5. The van der Waals surface area contributed by atoms with Crippen molar-refractivity contribution in [2.45, 2.75) is 13.3 Å². The van der Waals surface area contributed by atoms with E-state index in [-0.39, 0.29) is 24.9 Å². The molecule has 0 bridgehead atoms. The molecule has 0 aromatic heterocycles. The van der Waals surface area contributed by atoms with Gasteiger partial charge >= 0.3 is 0 Å². The molecule has 5 nitrogen and oxygen atoms in total. The summed E-state index contributed by atoms with van der Waals surface area (Å²) >= 11 is 0. The largest absolute Gasteiger partial charge is 0.493 e. The Bertz CT molecular complexity index is 527. The van der Waals surface area contributed by atoms with Crippen LogP contribution in [-0.2, 0) is 4.79 Å². The zero-order valence-corrected chi connectivity index (χ0v) is 14.5. The van der Waals surface area contributed by atoms with Crippen molar-refractivity contribution in [2.24, 2.45) is 0 Å². The monoisotopic (exact) mass is 340 g/mol. The van der Waals surface area contributed by atoms with Crippen LogP contribution in [0.4, 0.5) is 0 Å². The van der Waals surface area contributed by atoms with Crippen molar-refractivity contribution in [2.75, 3.05) is 39.9 Å². The number of nitrogens with one attached hydrogen (secondary N) is 1. The first-order valence-corrected chi connectivity index (χ1v) is 7.66. The van der Waals surface area contributed by atoms with E-state index in [9.17, 15) is 4.79 Å². The molecule has 6 heteroatoms. The van der Waals surface area contributed by atoms with Crippen molar-refractivity contribution >= 4 is 24.4 Å². The number of allylic oxidation sites excluding steroid dienone is 1. The molecule has 1 heterocycles. The number of carbonyl (C=O) groups is 1. The van der Waals surface area contributed by atoms with Crippen molar-refractivity contribution in [1.29, 1.82) is 0 Å². The fraction of sp³-hybridized carbons (Fsp3) is 0.471. The Hall–Kier alpha value is -1.72. The maximum absolute atomic E-state index is 12.2. The average Bonchev–Trinajstić information content (AvgIpc) is 2.82. The fourth-order valence-corrected chi connectivity index (χ4v) is 2.43. The highest BCUT2D eigenvalue weighted by Gasteiger charge is 2.16. The van der Waals surface area contributed by atoms with E-state index in [4.69, 9.17) is 9.47 Å². The number of halogens is 1. The quantitative estimate of drug-likeness (QED) is 0.894. The number of ether oxygens (including phenoxy) is 2. The van der Waals surface area contributed by atoms with Crippen LogP contribution in [0, 0.1) is 0 Å². The van der Waals surface area contributed by atoms with Crippen LogP contribution in [0.1, 0.15) is 18.9 Å². The molecule has 0 spiro atoms. The predicted octanol–water partition coefficient (Wildman–Crippen LogP) is 2.35. The number of hydrogen-bond donors (Lipinski definition) is 1. The minimum absolute atomic E-state index is 0. The van der Waals surface area contributed by atoms with Gasteiger partial charge in [-0.3, -0.25) is 4.79 Å². The van der Waals surface area contributed by atoms with E-state index in [0.717, 1.165) is 38.2 Å². The second-order valence-corrected chi connectivity index (χ2v) is 5.18. The lowest BCUT2D eigenvalue weighted by molar-refractivity contribution is -0.133. The predicted molar refractivity (Wildman–Crippen MR) is 94.5 cm³/mol. The number of benzene rings is 1. The molecular formula is C17H25ClN2O3. The summed E-state index contributed by atoms with van der Waals surface area (Å²) in [6, 6.07) is 5.68. The van der Waals surface area contributed by atoms with Crippen LogP contribution in [0.2, 0.25) is 0 Å². The van der Waals surface area contributed by atoms with E-state index in [2.05, 4.69) is 5.32 Å². The van der Waals surface area contributed by atoms with Gasteiger partial charge in [0.25, 0.3) is 5.91 Å². The summed E-state index contributed by atoms with van der Waals surface area (Å²) in [5.74, 6) is 1.25. The van der Waals surface area contributed by atoms with E-state index >= 15 is 0 Å². The normalized spacial score (nSPS) is 15.0. The maximum Gasteiger partial charge on any atom is 0.260 e. The summed E-state index contributed by atoms with van der Waals surface area (Å²) in [6.45, 7) is 5.33. The summed E-state index contributed by atoms with van der Waals surface area (Å²) < 4.78 is 11.0. The van der Waals surface area contributed by atoms with Gasteiger partial charge in [-0.15, -0.1) is 12.4 Å². The number of carbonyl (C=O) groups excluding carboxylic acids is 1. The lowest BCUT2D eigenvalue weighted by Gasteiger charge is -2.20. The van der Waals surface area contributed by atoms with Gasteiger partial charge in [-0.25, -0.2) is 0 Å². The van der Waals surface area contributed by atoms with Crippen LogP contribution in [0.3, 0.4) is 0 Å². The number of nitrogens with zero attached hydrogens (tertiary/aromatic N) is 1. The van der Waals surface area contributed by atoms with Gasteiger partial charge in [-0.2, -0.15) is 0 Å².